The highest BCUT2D eigenvalue weighted by atomic mass is 79.9. The van der Waals surface area contributed by atoms with Gasteiger partial charge in [-0.3, -0.25) is 0 Å². The molecule has 0 saturated heterocycles. The first-order valence-electron chi connectivity index (χ1n) is 5.41. The van der Waals surface area contributed by atoms with Crippen LogP contribution in [-0.4, -0.2) is 8.42 Å². The van der Waals surface area contributed by atoms with Crippen molar-refractivity contribution in [3.05, 3.63) is 50.9 Å². The molecule has 0 aliphatic rings. The third kappa shape index (κ3) is 3.42. The second kappa shape index (κ2) is 5.70. The molecule has 0 bridgehead atoms. The Morgan fingerprint density at radius 1 is 1.37 bits per heavy atom. The number of rotatable bonds is 4. The summed E-state index contributed by atoms with van der Waals surface area (Å²) in [6.45, 7) is 1.75. The summed E-state index contributed by atoms with van der Waals surface area (Å²) in [5.74, 6) is -0.605. The zero-order chi connectivity index (χ0) is 14.0. The first-order valence-corrected chi connectivity index (χ1v) is 8.56. The summed E-state index contributed by atoms with van der Waals surface area (Å²) < 4.78 is 40.4. The lowest BCUT2D eigenvalue weighted by atomic mass is 10.3. The van der Waals surface area contributed by atoms with Crippen molar-refractivity contribution in [3.63, 3.8) is 0 Å². The molecule has 102 valence electrons. The van der Waals surface area contributed by atoms with Gasteiger partial charge >= 0.3 is 0 Å². The van der Waals surface area contributed by atoms with E-state index in [0.717, 1.165) is 10.9 Å². The second-order valence-electron chi connectivity index (χ2n) is 3.93. The first-order chi connectivity index (χ1) is 8.90. The molecule has 3 nitrogen and oxygen atoms in total. The molecular weight excluding hydrogens is 353 g/mol. The van der Waals surface area contributed by atoms with Crippen molar-refractivity contribution < 1.29 is 12.8 Å². The smallest absolute Gasteiger partial charge is 0.207 e. The first kappa shape index (κ1) is 14.6. The van der Waals surface area contributed by atoms with Crippen molar-refractivity contribution in [1.82, 2.24) is 4.72 Å². The summed E-state index contributed by atoms with van der Waals surface area (Å²) in [6.07, 6.45) is 0. The van der Waals surface area contributed by atoms with Crippen molar-refractivity contribution in [1.29, 1.82) is 0 Å². The summed E-state index contributed by atoms with van der Waals surface area (Å²) >= 11 is 4.45. The lowest BCUT2D eigenvalue weighted by Crippen LogP contribution is -2.26. The summed E-state index contributed by atoms with van der Waals surface area (Å²) in [4.78, 5) is 0.817. The van der Waals surface area contributed by atoms with Crippen LogP contribution in [0.4, 0.5) is 4.39 Å². The van der Waals surface area contributed by atoms with E-state index in [4.69, 9.17) is 0 Å². The van der Waals surface area contributed by atoms with Gasteiger partial charge in [0.25, 0.3) is 0 Å². The van der Waals surface area contributed by atoms with Crippen molar-refractivity contribution >= 4 is 37.3 Å². The van der Waals surface area contributed by atoms with Crippen LogP contribution in [0.3, 0.4) is 0 Å². The minimum Gasteiger partial charge on any atom is -0.207 e. The van der Waals surface area contributed by atoms with Crippen LogP contribution in [0.15, 0.2) is 45.1 Å². The molecule has 2 rings (SSSR count). The van der Waals surface area contributed by atoms with Gasteiger partial charge < -0.3 is 0 Å². The van der Waals surface area contributed by atoms with Crippen LogP contribution >= 0.6 is 27.3 Å². The number of halogens is 2. The predicted molar refractivity (Wildman–Crippen MR) is 77.2 cm³/mol. The van der Waals surface area contributed by atoms with E-state index in [0.29, 0.717) is 0 Å². The highest BCUT2D eigenvalue weighted by Crippen LogP contribution is 2.23. The van der Waals surface area contributed by atoms with Crippen LogP contribution < -0.4 is 4.72 Å². The minimum absolute atomic E-state index is 0.0865. The van der Waals surface area contributed by atoms with Crippen molar-refractivity contribution in [2.24, 2.45) is 0 Å². The maximum atomic E-state index is 13.4. The number of hydrogen-bond acceptors (Lipinski definition) is 3. The van der Waals surface area contributed by atoms with Gasteiger partial charge in [0.2, 0.25) is 10.0 Å². The van der Waals surface area contributed by atoms with Gasteiger partial charge in [-0.2, -0.15) is 0 Å². The molecule has 0 fully saturated rings. The van der Waals surface area contributed by atoms with Crippen LogP contribution in [0.5, 0.6) is 0 Å². The van der Waals surface area contributed by atoms with Crippen LogP contribution in [0.25, 0.3) is 0 Å². The van der Waals surface area contributed by atoms with E-state index in [-0.39, 0.29) is 15.4 Å². The fraction of sp³-hybridized carbons (Fsp3) is 0.167. The highest BCUT2D eigenvalue weighted by Gasteiger charge is 2.19. The Hall–Kier alpha value is -0.760. The Kier molecular flexibility index (Phi) is 4.39. The third-order valence-corrected chi connectivity index (χ3v) is 5.74. The van der Waals surface area contributed by atoms with Gasteiger partial charge in [-0.15, -0.1) is 11.3 Å². The molecule has 0 aliphatic heterocycles. The topological polar surface area (TPSA) is 46.2 Å². The van der Waals surface area contributed by atoms with E-state index >= 15 is 0 Å². The Morgan fingerprint density at radius 3 is 2.68 bits per heavy atom. The zero-order valence-electron chi connectivity index (χ0n) is 9.93. The zero-order valence-corrected chi connectivity index (χ0v) is 13.1. The molecule has 1 heterocycles. The molecule has 0 aliphatic carbocycles. The van der Waals surface area contributed by atoms with Gasteiger partial charge in [-0.25, -0.2) is 17.5 Å². The fourth-order valence-corrected chi connectivity index (χ4v) is 3.83. The fourth-order valence-electron chi connectivity index (χ4n) is 1.54. The summed E-state index contributed by atoms with van der Waals surface area (Å²) in [7, 11) is -3.73. The molecule has 1 unspecified atom stereocenters. The molecule has 2 aromatic rings. The normalized spacial score (nSPS) is 13.4. The van der Waals surface area contributed by atoms with Crippen molar-refractivity contribution in [3.8, 4) is 0 Å². The predicted octanol–water partition coefficient (Wildman–Crippen LogP) is 3.69. The van der Waals surface area contributed by atoms with E-state index in [1.165, 1.54) is 23.5 Å². The number of hydrogen-bond donors (Lipinski definition) is 1. The Bertz CT molecular complexity index is 671. The minimum atomic E-state index is -3.73. The van der Waals surface area contributed by atoms with Crippen LogP contribution in [0.2, 0.25) is 0 Å². The van der Waals surface area contributed by atoms with Crippen LogP contribution in [-0.2, 0) is 10.0 Å². The van der Waals surface area contributed by atoms with Gasteiger partial charge in [0.05, 0.1) is 15.4 Å². The third-order valence-electron chi connectivity index (χ3n) is 2.50. The lowest BCUT2D eigenvalue weighted by Gasteiger charge is -2.13. The Morgan fingerprint density at radius 2 is 2.11 bits per heavy atom. The summed E-state index contributed by atoms with van der Waals surface area (Å²) in [5, 5.41) is 1.87. The number of benzene rings is 1. The highest BCUT2D eigenvalue weighted by molar-refractivity contribution is 9.10. The molecule has 0 spiro atoms. The lowest BCUT2D eigenvalue weighted by molar-refractivity contribution is 0.565. The van der Waals surface area contributed by atoms with Gasteiger partial charge in [0.1, 0.15) is 5.82 Å². The SMILES string of the molecule is CC(NS(=O)(=O)c1ccc(Br)c(F)c1)c1cccs1. The summed E-state index contributed by atoms with van der Waals surface area (Å²) in [5.41, 5.74) is 0. The van der Waals surface area contributed by atoms with Crippen LogP contribution in [0, 0.1) is 5.82 Å². The average Bonchev–Trinajstić information content (AvgIpc) is 2.85. The Balaban J connectivity index is 2.25. The number of sulfonamides is 1. The maximum absolute atomic E-state index is 13.4. The average molecular weight is 364 g/mol. The van der Waals surface area contributed by atoms with Gasteiger partial charge in [0, 0.05) is 4.88 Å². The van der Waals surface area contributed by atoms with Gasteiger partial charge in [-0.1, -0.05) is 6.07 Å². The molecule has 0 saturated carbocycles. The van der Waals surface area contributed by atoms with Gasteiger partial charge in [-0.05, 0) is 52.5 Å². The molecule has 19 heavy (non-hydrogen) atoms. The number of nitrogens with one attached hydrogen (secondary N) is 1. The molecule has 1 aromatic heterocycles. The molecular formula is C12H11BrFNO2S2. The molecule has 0 amide bonds. The maximum Gasteiger partial charge on any atom is 0.241 e. The van der Waals surface area contributed by atoms with E-state index in [2.05, 4.69) is 20.7 Å². The van der Waals surface area contributed by atoms with Crippen LogP contribution in [0.1, 0.15) is 17.8 Å². The van der Waals surface area contributed by atoms with Crippen molar-refractivity contribution in [2.75, 3.05) is 0 Å². The van der Waals surface area contributed by atoms with E-state index in [1.54, 1.807) is 6.92 Å². The molecule has 1 atom stereocenters. The Labute approximate surface area is 123 Å². The largest absolute Gasteiger partial charge is 0.241 e. The summed E-state index contributed by atoms with van der Waals surface area (Å²) in [6, 6.07) is 7.07. The van der Waals surface area contributed by atoms with Gasteiger partial charge in [0.15, 0.2) is 0 Å². The number of thiophene rings is 1. The molecule has 7 heteroatoms. The van der Waals surface area contributed by atoms with E-state index in [9.17, 15) is 12.8 Å². The van der Waals surface area contributed by atoms with E-state index in [1.807, 2.05) is 17.5 Å². The standard InChI is InChI=1S/C12H11BrFNO2S2/c1-8(12-3-2-6-18-12)15-19(16,17)9-4-5-10(13)11(14)7-9/h2-8,15H,1H3. The molecule has 1 aromatic carbocycles. The quantitative estimate of drug-likeness (QED) is 0.900. The molecule has 0 radical (unpaired) electrons. The second-order valence-corrected chi connectivity index (χ2v) is 7.48. The van der Waals surface area contributed by atoms with Crippen molar-refractivity contribution in [2.45, 2.75) is 17.9 Å². The molecule has 1 N–H and O–H groups in total. The monoisotopic (exact) mass is 363 g/mol. The van der Waals surface area contributed by atoms with E-state index < -0.39 is 15.8 Å².